The number of aromatic nitrogens is 1. The van der Waals surface area contributed by atoms with Gasteiger partial charge in [-0.1, -0.05) is 44.7 Å². The molecule has 0 spiro atoms. The van der Waals surface area contributed by atoms with Crippen LogP contribution in [0.5, 0.6) is 0 Å². The molecule has 0 saturated heterocycles. The largest absolute Gasteiger partial charge is 0.370 e. The van der Waals surface area contributed by atoms with Gasteiger partial charge in [0.05, 0.1) is 12.2 Å². The highest BCUT2D eigenvalue weighted by atomic mass is 16.5. The highest BCUT2D eigenvalue weighted by Gasteiger charge is 2.14. The summed E-state index contributed by atoms with van der Waals surface area (Å²) in [6.07, 6.45) is 9.37. The van der Waals surface area contributed by atoms with Gasteiger partial charge in [0.15, 0.2) is 5.96 Å². The van der Waals surface area contributed by atoms with Crippen LogP contribution in [0, 0.1) is 0 Å². The van der Waals surface area contributed by atoms with Gasteiger partial charge < -0.3 is 15.6 Å². The van der Waals surface area contributed by atoms with E-state index >= 15 is 0 Å². The predicted octanol–water partition coefficient (Wildman–Crippen LogP) is 2.93. The molecule has 5 heteroatoms. The molecule has 3 N–H and O–H groups in total. The summed E-state index contributed by atoms with van der Waals surface area (Å²) in [6, 6.07) is 0.481. The number of aryl methyl sites for hydroxylation is 2. The Morgan fingerprint density at radius 1 is 1.24 bits per heavy atom. The van der Waals surface area contributed by atoms with Crippen molar-refractivity contribution >= 4 is 5.96 Å². The van der Waals surface area contributed by atoms with Crippen molar-refractivity contribution in [3.05, 3.63) is 17.0 Å². The molecule has 1 aromatic rings. The van der Waals surface area contributed by atoms with Crippen LogP contribution in [0.25, 0.3) is 0 Å². The zero-order valence-electron chi connectivity index (χ0n) is 13.3. The third-order valence-corrected chi connectivity index (χ3v) is 4.22. The molecule has 0 bridgehead atoms. The molecule has 1 aliphatic rings. The number of rotatable bonds is 5. The molecule has 0 radical (unpaired) electrons. The molecule has 118 valence electrons. The van der Waals surface area contributed by atoms with Crippen LogP contribution >= 0.6 is 0 Å². The SMILES string of the molecule is CCc1noc(CC)c1CN=C(N)NC1CCCCCC1. The molecular formula is C16H28N4O. The van der Waals surface area contributed by atoms with Crippen molar-refractivity contribution in [3.8, 4) is 0 Å². The monoisotopic (exact) mass is 292 g/mol. The molecule has 2 rings (SSSR count). The molecule has 1 saturated carbocycles. The lowest BCUT2D eigenvalue weighted by atomic mass is 10.1. The van der Waals surface area contributed by atoms with Crippen LogP contribution in [-0.4, -0.2) is 17.2 Å². The average molecular weight is 292 g/mol. The maximum absolute atomic E-state index is 6.04. The van der Waals surface area contributed by atoms with E-state index in [4.69, 9.17) is 10.3 Å². The van der Waals surface area contributed by atoms with Crippen LogP contribution in [0.3, 0.4) is 0 Å². The first-order chi connectivity index (χ1) is 10.2. The molecule has 0 aliphatic heterocycles. The van der Waals surface area contributed by atoms with E-state index < -0.39 is 0 Å². The topological polar surface area (TPSA) is 76.4 Å². The van der Waals surface area contributed by atoms with E-state index in [9.17, 15) is 0 Å². The highest BCUT2D eigenvalue weighted by Crippen LogP contribution is 2.18. The Balaban J connectivity index is 1.94. The molecule has 0 unspecified atom stereocenters. The highest BCUT2D eigenvalue weighted by molar-refractivity contribution is 5.78. The van der Waals surface area contributed by atoms with Crippen molar-refractivity contribution in [1.29, 1.82) is 0 Å². The number of nitrogens with one attached hydrogen (secondary N) is 1. The van der Waals surface area contributed by atoms with Crippen molar-refractivity contribution in [2.75, 3.05) is 0 Å². The summed E-state index contributed by atoms with van der Waals surface area (Å²) in [4.78, 5) is 4.49. The number of nitrogens with zero attached hydrogens (tertiary/aromatic N) is 2. The van der Waals surface area contributed by atoms with Crippen molar-refractivity contribution in [1.82, 2.24) is 10.5 Å². The molecular weight excluding hydrogens is 264 g/mol. The summed E-state index contributed by atoms with van der Waals surface area (Å²) >= 11 is 0. The number of nitrogens with two attached hydrogens (primary N) is 1. The lowest BCUT2D eigenvalue weighted by Gasteiger charge is -2.16. The lowest BCUT2D eigenvalue weighted by molar-refractivity contribution is 0.380. The van der Waals surface area contributed by atoms with E-state index in [0.29, 0.717) is 18.5 Å². The molecule has 5 nitrogen and oxygen atoms in total. The summed E-state index contributed by atoms with van der Waals surface area (Å²) in [5, 5.41) is 7.48. The maximum Gasteiger partial charge on any atom is 0.189 e. The first kappa shape index (κ1) is 15.9. The summed E-state index contributed by atoms with van der Waals surface area (Å²) in [7, 11) is 0. The fourth-order valence-electron chi connectivity index (χ4n) is 2.96. The quantitative estimate of drug-likeness (QED) is 0.497. The van der Waals surface area contributed by atoms with Gasteiger partial charge in [-0.2, -0.15) is 0 Å². The number of guanidine groups is 1. The van der Waals surface area contributed by atoms with Crippen molar-refractivity contribution in [2.45, 2.75) is 77.8 Å². The zero-order chi connectivity index (χ0) is 15.1. The Bertz CT molecular complexity index is 437. The Morgan fingerprint density at radius 2 is 1.95 bits per heavy atom. The van der Waals surface area contributed by atoms with E-state index in [1.54, 1.807) is 0 Å². The normalized spacial score (nSPS) is 17.7. The minimum absolute atomic E-state index is 0.481. The van der Waals surface area contributed by atoms with Gasteiger partial charge >= 0.3 is 0 Å². The molecule has 0 aromatic carbocycles. The summed E-state index contributed by atoms with van der Waals surface area (Å²) in [6.45, 7) is 4.71. The number of hydrogen-bond donors (Lipinski definition) is 2. The molecule has 0 amide bonds. The Hall–Kier alpha value is -1.52. The minimum Gasteiger partial charge on any atom is -0.370 e. The average Bonchev–Trinajstić information content (AvgIpc) is 2.72. The predicted molar refractivity (Wildman–Crippen MR) is 85.2 cm³/mol. The van der Waals surface area contributed by atoms with E-state index in [2.05, 4.69) is 29.3 Å². The molecule has 21 heavy (non-hydrogen) atoms. The van der Waals surface area contributed by atoms with Crippen molar-refractivity contribution in [2.24, 2.45) is 10.7 Å². The smallest absolute Gasteiger partial charge is 0.189 e. The van der Waals surface area contributed by atoms with E-state index in [1.807, 2.05) is 0 Å². The minimum atomic E-state index is 0.481. The summed E-state index contributed by atoms with van der Waals surface area (Å²) < 4.78 is 5.35. The molecule has 0 atom stereocenters. The maximum atomic E-state index is 6.04. The van der Waals surface area contributed by atoms with Gasteiger partial charge in [-0.15, -0.1) is 0 Å². The first-order valence-electron chi connectivity index (χ1n) is 8.27. The second-order valence-electron chi connectivity index (χ2n) is 5.77. The third kappa shape index (κ3) is 4.48. The second kappa shape index (κ2) is 8.05. The second-order valence-corrected chi connectivity index (χ2v) is 5.77. The summed E-state index contributed by atoms with van der Waals surface area (Å²) in [5.41, 5.74) is 8.14. The van der Waals surface area contributed by atoms with Crippen LogP contribution in [0.2, 0.25) is 0 Å². The van der Waals surface area contributed by atoms with Gasteiger partial charge in [0, 0.05) is 18.0 Å². The Morgan fingerprint density at radius 3 is 2.57 bits per heavy atom. The molecule has 1 aliphatic carbocycles. The van der Waals surface area contributed by atoms with Crippen LogP contribution in [-0.2, 0) is 19.4 Å². The van der Waals surface area contributed by atoms with Crippen LogP contribution < -0.4 is 11.1 Å². The van der Waals surface area contributed by atoms with E-state index in [-0.39, 0.29) is 0 Å². The van der Waals surface area contributed by atoms with Gasteiger partial charge in [0.1, 0.15) is 5.76 Å². The van der Waals surface area contributed by atoms with Crippen LogP contribution in [0.4, 0.5) is 0 Å². The standard InChI is InChI=1S/C16H28N4O/c1-3-14-13(15(4-2)21-20-14)11-18-16(17)19-12-9-7-5-6-8-10-12/h12H,3-11H2,1-2H3,(H3,17,18,19). The van der Waals surface area contributed by atoms with Gasteiger partial charge in [-0.25, -0.2) is 4.99 Å². The molecule has 1 heterocycles. The van der Waals surface area contributed by atoms with Crippen molar-refractivity contribution < 1.29 is 4.52 Å². The van der Waals surface area contributed by atoms with Gasteiger partial charge in [0.25, 0.3) is 0 Å². The number of aliphatic imine (C=N–C) groups is 1. The third-order valence-electron chi connectivity index (χ3n) is 4.22. The van der Waals surface area contributed by atoms with Crippen LogP contribution in [0.15, 0.2) is 9.52 Å². The van der Waals surface area contributed by atoms with E-state index in [1.165, 1.54) is 38.5 Å². The van der Waals surface area contributed by atoms with Gasteiger partial charge in [-0.05, 0) is 19.3 Å². The fraction of sp³-hybridized carbons (Fsp3) is 0.750. The Labute approximate surface area is 127 Å². The van der Waals surface area contributed by atoms with Gasteiger partial charge in [-0.3, -0.25) is 0 Å². The number of hydrogen-bond acceptors (Lipinski definition) is 3. The first-order valence-corrected chi connectivity index (χ1v) is 8.27. The molecule has 1 fully saturated rings. The molecule has 1 aromatic heterocycles. The summed E-state index contributed by atoms with van der Waals surface area (Å²) in [5.74, 6) is 1.48. The fourth-order valence-corrected chi connectivity index (χ4v) is 2.96. The van der Waals surface area contributed by atoms with E-state index in [0.717, 1.165) is 29.9 Å². The van der Waals surface area contributed by atoms with Gasteiger partial charge in [0.2, 0.25) is 0 Å². The van der Waals surface area contributed by atoms with Crippen molar-refractivity contribution in [3.63, 3.8) is 0 Å². The zero-order valence-corrected chi connectivity index (χ0v) is 13.3. The lowest BCUT2D eigenvalue weighted by Crippen LogP contribution is -2.39. The van der Waals surface area contributed by atoms with Crippen LogP contribution in [0.1, 0.15) is 69.4 Å². The Kier molecular flexibility index (Phi) is 6.08.